The van der Waals surface area contributed by atoms with Crippen LogP contribution in [0.25, 0.3) is 0 Å². The van der Waals surface area contributed by atoms with Crippen molar-refractivity contribution in [2.24, 2.45) is 5.92 Å². The molecule has 0 bridgehead atoms. The number of piperidine rings is 1. The maximum absolute atomic E-state index is 12.3. The molecule has 1 N–H and O–H groups in total. The number of hydrogen-bond donors (Lipinski definition) is 1. The van der Waals surface area contributed by atoms with Crippen molar-refractivity contribution in [2.45, 2.75) is 19.8 Å². The monoisotopic (exact) mass is 295 g/mol. The minimum atomic E-state index is -0.0523. The normalized spacial score (nSPS) is 16.0. The highest BCUT2D eigenvalue weighted by molar-refractivity contribution is 6.29. The summed E-state index contributed by atoms with van der Waals surface area (Å²) in [6.45, 7) is 3.75. The summed E-state index contributed by atoms with van der Waals surface area (Å²) in [6.07, 6.45) is 2.90. The van der Waals surface area contributed by atoms with E-state index in [9.17, 15) is 9.59 Å². The van der Waals surface area contributed by atoms with Crippen molar-refractivity contribution in [3.8, 4) is 0 Å². The first kappa shape index (κ1) is 14.8. The van der Waals surface area contributed by atoms with Gasteiger partial charge in [-0.1, -0.05) is 11.6 Å². The molecule has 0 radical (unpaired) electrons. The van der Waals surface area contributed by atoms with Crippen LogP contribution < -0.4 is 5.32 Å². The number of pyridine rings is 1. The predicted octanol–water partition coefficient (Wildman–Crippen LogP) is 1.72. The van der Waals surface area contributed by atoms with Gasteiger partial charge in [-0.15, -0.1) is 0 Å². The highest BCUT2D eigenvalue weighted by Crippen LogP contribution is 2.19. The smallest absolute Gasteiger partial charge is 0.255 e. The molecule has 1 fully saturated rings. The van der Waals surface area contributed by atoms with Gasteiger partial charge in [-0.3, -0.25) is 9.59 Å². The summed E-state index contributed by atoms with van der Waals surface area (Å²) in [5.41, 5.74) is 0.533. The molecule has 0 atom stereocenters. The average Bonchev–Trinajstić information content (AvgIpc) is 2.48. The Hall–Kier alpha value is -1.62. The number of rotatable bonds is 3. The standard InChI is InChI=1S/C14H18ClN3O2/c1-2-16-13(19)10-5-7-18(8-6-10)14(20)11-3-4-12(15)17-9-11/h3-4,9-10H,2,5-8H2,1H3,(H,16,19). The van der Waals surface area contributed by atoms with Crippen LogP contribution in [0.2, 0.25) is 5.15 Å². The fourth-order valence-corrected chi connectivity index (χ4v) is 2.46. The first-order chi connectivity index (χ1) is 9.61. The average molecular weight is 296 g/mol. The van der Waals surface area contributed by atoms with Crippen LogP contribution in [0, 0.1) is 5.92 Å². The molecular formula is C14H18ClN3O2. The van der Waals surface area contributed by atoms with Crippen LogP contribution in [-0.2, 0) is 4.79 Å². The fraction of sp³-hybridized carbons (Fsp3) is 0.500. The molecule has 5 nitrogen and oxygen atoms in total. The molecule has 0 spiro atoms. The molecule has 108 valence electrons. The van der Waals surface area contributed by atoms with Crippen LogP contribution in [0.15, 0.2) is 18.3 Å². The first-order valence-electron chi connectivity index (χ1n) is 6.80. The maximum Gasteiger partial charge on any atom is 0.255 e. The van der Waals surface area contributed by atoms with Gasteiger partial charge in [-0.2, -0.15) is 0 Å². The lowest BCUT2D eigenvalue weighted by atomic mass is 9.95. The van der Waals surface area contributed by atoms with E-state index >= 15 is 0 Å². The Morgan fingerprint density at radius 1 is 1.40 bits per heavy atom. The van der Waals surface area contributed by atoms with Crippen LogP contribution in [0.4, 0.5) is 0 Å². The summed E-state index contributed by atoms with van der Waals surface area (Å²) in [5.74, 6) is 0.0543. The quantitative estimate of drug-likeness (QED) is 0.864. The summed E-state index contributed by atoms with van der Waals surface area (Å²) in [6, 6.07) is 3.28. The predicted molar refractivity (Wildman–Crippen MR) is 76.6 cm³/mol. The third kappa shape index (κ3) is 3.48. The van der Waals surface area contributed by atoms with Crippen molar-refractivity contribution in [1.29, 1.82) is 0 Å². The third-order valence-electron chi connectivity index (χ3n) is 3.48. The third-order valence-corrected chi connectivity index (χ3v) is 3.70. The zero-order chi connectivity index (χ0) is 14.5. The summed E-state index contributed by atoms with van der Waals surface area (Å²) >= 11 is 5.71. The number of likely N-dealkylation sites (tertiary alicyclic amines) is 1. The van der Waals surface area contributed by atoms with Gasteiger partial charge in [0, 0.05) is 31.7 Å². The van der Waals surface area contributed by atoms with E-state index in [1.807, 2.05) is 6.92 Å². The Balaban J connectivity index is 1.92. The molecule has 0 aliphatic carbocycles. The molecule has 2 heterocycles. The Labute approximate surface area is 123 Å². The number of nitrogens with one attached hydrogen (secondary N) is 1. The lowest BCUT2D eigenvalue weighted by molar-refractivity contribution is -0.126. The van der Waals surface area contributed by atoms with Crippen molar-refractivity contribution in [3.63, 3.8) is 0 Å². The van der Waals surface area contributed by atoms with Crippen LogP contribution in [0.5, 0.6) is 0 Å². The van der Waals surface area contributed by atoms with E-state index in [2.05, 4.69) is 10.3 Å². The highest BCUT2D eigenvalue weighted by Gasteiger charge is 2.27. The molecule has 0 saturated carbocycles. The van der Waals surface area contributed by atoms with Crippen LogP contribution in [0.3, 0.4) is 0 Å². The number of carbonyl (C=O) groups excluding carboxylic acids is 2. The van der Waals surface area contributed by atoms with Gasteiger partial charge in [0.1, 0.15) is 5.15 Å². The van der Waals surface area contributed by atoms with Gasteiger partial charge in [-0.05, 0) is 31.9 Å². The van der Waals surface area contributed by atoms with E-state index < -0.39 is 0 Å². The molecule has 2 rings (SSSR count). The summed E-state index contributed by atoms with van der Waals surface area (Å²) < 4.78 is 0. The van der Waals surface area contributed by atoms with E-state index in [4.69, 9.17) is 11.6 Å². The largest absolute Gasteiger partial charge is 0.356 e. The fourth-order valence-electron chi connectivity index (χ4n) is 2.35. The highest BCUT2D eigenvalue weighted by atomic mass is 35.5. The van der Waals surface area contributed by atoms with E-state index in [1.165, 1.54) is 6.20 Å². The number of aromatic nitrogens is 1. The van der Waals surface area contributed by atoms with E-state index in [1.54, 1.807) is 17.0 Å². The van der Waals surface area contributed by atoms with Crippen LogP contribution >= 0.6 is 11.6 Å². The summed E-state index contributed by atoms with van der Waals surface area (Å²) in [4.78, 5) is 29.7. The Kier molecular flexibility index (Phi) is 4.95. The van der Waals surface area contributed by atoms with Crippen molar-refractivity contribution in [1.82, 2.24) is 15.2 Å². The molecule has 1 aliphatic rings. The molecule has 1 aliphatic heterocycles. The number of halogens is 1. The molecule has 1 aromatic rings. The number of hydrogen-bond acceptors (Lipinski definition) is 3. The van der Waals surface area contributed by atoms with Gasteiger partial charge in [-0.25, -0.2) is 4.98 Å². The van der Waals surface area contributed by atoms with Crippen molar-refractivity contribution in [3.05, 3.63) is 29.0 Å². The minimum Gasteiger partial charge on any atom is -0.356 e. The Bertz CT molecular complexity index is 482. The molecule has 6 heteroatoms. The van der Waals surface area contributed by atoms with Gasteiger partial charge >= 0.3 is 0 Å². The number of carbonyl (C=O) groups is 2. The van der Waals surface area contributed by atoms with Crippen molar-refractivity contribution < 1.29 is 9.59 Å². The molecule has 1 aromatic heterocycles. The molecule has 20 heavy (non-hydrogen) atoms. The van der Waals surface area contributed by atoms with E-state index in [0.717, 1.165) is 0 Å². The second-order valence-electron chi connectivity index (χ2n) is 4.83. The molecule has 2 amide bonds. The lowest BCUT2D eigenvalue weighted by Gasteiger charge is -2.31. The zero-order valence-electron chi connectivity index (χ0n) is 11.4. The van der Waals surface area contributed by atoms with Gasteiger partial charge < -0.3 is 10.2 Å². The van der Waals surface area contributed by atoms with E-state index in [-0.39, 0.29) is 17.7 Å². The zero-order valence-corrected chi connectivity index (χ0v) is 12.2. The van der Waals surface area contributed by atoms with Crippen LogP contribution in [0.1, 0.15) is 30.1 Å². The van der Waals surface area contributed by atoms with Gasteiger partial charge in [0.25, 0.3) is 5.91 Å². The minimum absolute atomic E-state index is 0.0161. The second kappa shape index (κ2) is 6.70. The SMILES string of the molecule is CCNC(=O)C1CCN(C(=O)c2ccc(Cl)nc2)CC1. The van der Waals surface area contributed by atoms with Crippen molar-refractivity contribution in [2.75, 3.05) is 19.6 Å². The lowest BCUT2D eigenvalue weighted by Crippen LogP contribution is -2.43. The summed E-state index contributed by atoms with van der Waals surface area (Å²) in [5, 5.41) is 3.20. The maximum atomic E-state index is 12.3. The van der Waals surface area contributed by atoms with Gasteiger partial charge in [0.15, 0.2) is 0 Å². The van der Waals surface area contributed by atoms with Gasteiger partial charge in [0.2, 0.25) is 5.91 Å². The Morgan fingerprint density at radius 3 is 2.65 bits per heavy atom. The first-order valence-corrected chi connectivity index (χ1v) is 7.18. The number of amides is 2. The van der Waals surface area contributed by atoms with E-state index in [0.29, 0.717) is 43.2 Å². The van der Waals surface area contributed by atoms with Crippen LogP contribution in [-0.4, -0.2) is 41.3 Å². The topological polar surface area (TPSA) is 62.3 Å². The van der Waals surface area contributed by atoms with Gasteiger partial charge in [0.05, 0.1) is 5.56 Å². The molecule has 0 aromatic carbocycles. The Morgan fingerprint density at radius 2 is 2.10 bits per heavy atom. The molecule has 0 unspecified atom stereocenters. The summed E-state index contributed by atoms with van der Waals surface area (Å²) in [7, 11) is 0. The molecular weight excluding hydrogens is 278 g/mol. The second-order valence-corrected chi connectivity index (χ2v) is 5.22. The van der Waals surface area contributed by atoms with Crippen molar-refractivity contribution >= 4 is 23.4 Å². The number of nitrogens with zero attached hydrogens (tertiary/aromatic N) is 2. The molecule has 1 saturated heterocycles.